The number of rotatable bonds is 4. The number of aliphatic carboxylic acids is 1. The van der Waals surface area contributed by atoms with Gasteiger partial charge in [-0.25, -0.2) is 4.79 Å². The molecule has 26 heavy (non-hydrogen) atoms. The van der Waals surface area contributed by atoms with E-state index in [0.717, 1.165) is 12.8 Å². The van der Waals surface area contributed by atoms with Gasteiger partial charge in [-0.3, -0.25) is 9.59 Å². The van der Waals surface area contributed by atoms with Crippen LogP contribution in [0.2, 0.25) is 0 Å². The first-order valence-electron chi connectivity index (χ1n) is 9.04. The lowest BCUT2D eigenvalue weighted by atomic mass is 9.46. The van der Waals surface area contributed by atoms with Crippen molar-refractivity contribution in [3.63, 3.8) is 0 Å². The van der Waals surface area contributed by atoms with Gasteiger partial charge < -0.3 is 19.7 Å². The lowest BCUT2D eigenvalue weighted by Crippen LogP contribution is -2.65. The monoisotopic (exact) mass is 366 g/mol. The Balaban J connectivity index is 1.99. The van der Waals surface area contributed by atoms with Crippen molar-refractivity contribution in [3.05, 3.63) is 11.6 Å². The molecule has 0 unspecified atom stereocenters. The molecule has 0 bridgehead atoms. The number of carboxylic acids is 1. The first-order valence-corrected chi connectivity index (χ1v) is 9.04. The van der Waals surface area contributed by atoms with E-state index in [2.05, 4.69) is 13.8 Å². The molecule has 7 nitrogen and oxygen atoms in total. The molecule has 3 aliphatic rings. The summed E-state index contributed by atoms with van der Waals surface area (Å²) in [5, 5.41) is 20.1. The zero-order valence-electron chi connectivity index (χ0n) is 15.4. The Hall–Kier alpha value is -1.89. The first-order chi connectivity index (χ1) is 12.0. The molecule has 2 aliphatic carbocycles. The molecular weight excluding hydrogens is 340 g/mol. The largest absolute Gasteiger partial charge is 0.481 e. The number of fused-ring (bicyclic) bond motifs is 3. The number of carboxylic acid groups (broad SMARTS) is 1. The highest BCUT2D eigenvalue weighted by molar-refractivity contribution is 5.88. The lowest BCUT2D eigenvalue weighted by molar-refractivity contribution is -0.196. The van der Waals surface area contributed by atoms with Crippen molar-refractivity contribution in [2.75, 3.05) is 6.61 Å². The van der Waals surface area contributed by atoms with Gasteiger partial charge in [-0.1, -0.05) is 27.2 Å². The fourth-order valence-corrected chi connectivity index (χ4v) is 5.37. The predicted octanol–water partition coefficient (Wildman–Crippen LogP) is 1.82. The van der Waals surface area contributed by atoms with Gasteiger partial charge >= 0.3 is 17.9 Å². The van der Waals surface area contributed by atoms with E-state index >= 15 is 0 Å². The van der Waals surface area contributed by atoms with Gasteiger partial charge in [0.05, 0.1) is 12.8 Å². The summed E-state index contributed by atoms with van der Waals surface area (Å²) in [6.45, 7) is 5.96. The number of carbonyl (C=O) groups is 3. The van der Waals surface area contributed by atoms with E-state index in [1.54, 1.807) is 6.08 Å². The minimum absolute atomic E-state index is 0.0127. The molecule has 0 amide bonds. The number of aliphatic hydroxyl groups is 1. The van der Waals surface area contributed by atoms with Crippen LogP contribution < -0.4 is 0 Å². The highest BCUT2D eigenvalue weighted by atomic mass is 16.6. The second-order valence-electron chi connectivity index (χ2n) is 8.56. The summed E-state index contributed by atoms with van der Waals surface area (Å²) in [6, 6.07) is 0. The third kappa shape index (κ3) is 2.64. The number of carbonyl (C=O) groups excluding carboxylic acids is 2. The molecule has 2 fully saturated rings. The summed E-state index contributed by atoms with van der Waals surface area (Å²) in [4.78, 5) is 35.3. The average Bonchev–Trinajstić information content (AvgIpc) is 2.82. The predicted molar refractivity (Wildman–Crippen MR) is 90.0 cm³/mol. The lowest BCUT2D eigenvalue weighted by Gasteiger charge is -2.59. The van der Waals surface area contributed by atoms with Gasteiger partial charge in [-0.05, 0) is 24.3 Å². The van der Waals surface area contributed by atoms with Crippen molar-refractivity contribution >= 4 is 17.9 Å². The van der Waals surface area contributed by atoms with Crippen LogP contribution in [0.5, 0.6) is 0 Å². The summed E-state index contributed by atoms with van der Waals surface area (Å²) < 4.78 is 10.8. The van der Waals surface area contributed by atoms with Crippen molar-refractivity contribution in [1.29, 1.82) is 0 Å². The quantitative estimate of drug-likeness (QED) is 0.577. The molecule has 1 saturated heterocycles. The molecule has 0 aromatic heterocycles. The summed E-state index contributed by atoms with van der Waals surface area (Å²) in [5.41, 5.74) is -2.34. The second kappa shape index (κ2) is 6.08. The Morgan fingerprint density at radius 1 is 1.27 bits per heavy atom. The second-order valence-corrected chi connectivity index (χ2v) is 8.56. The van der Waals surface area contributed by atoms with Crippen LogP contribution in [0.1, 0.15) is 52.9 Å². The third-order valence-electron chi connectivity index (χ3n) is 6.50. The summed E-state index contributed by atoms with van der Waals surface area (Å²) in [5.74, 6) is -2.56. The number of cyclic esters (lactones) is 1. The first kappa shape index (κ1) is 18.9. The minimum Gasteiger partial charge on any atom is -0.481 e. The molecule has 0 aromatic rings. The zero-order valence-corrected chi connectivity index (χ0v) is 15.4. The van der Waals surface area contributed by atoms with E-state index in [4.69, 9.17) is 14.6 Å². The van der Waals surface area contributed by atoms with Crippen LogP contribution in [0.3, 0.4) is 0 Å². The molecule has 4 atom stereocenters. The van der Waals surface area contributed by atoms with Gasteiger partial charge in [-0.15, -0.1) is 0 Å². The molecule has 2 N–H and O–H groups in total. The summed E-state index contributed by atoms with van der Waals surface area (Å²) >= 11 is 0. The van der Waals surface area contributed by atoms with Gasteiger partial charge in [0, 0.05) is 16.9 Å². The highest BCUT2D eigenvalue weighted by Gasteiger charge is 2.69. The maximum absolute atomic E-state index is 12.4. The Morgan fingerprint density at radius 3 is 2.62 bits per heavy atom. The molecule has 144 valence electrons. The van der Waals surface area contributed by atoms with E-state index in [1.807, 2.05) is 6.92 Å². The highest BCUT2D eigenvalue weighted by Crippen LogP contribution is 2.63. The van der Waals surface area contributed by atoms with Crippen molar-refractivity contribution in [2.45, 2.75) is 64.6 Å². The van der Waals surface area contributed by atoms with Gasteiger partial charge in [0.2, 0.25) is 0 Å². The van der Waals surface area contributed by atoms with Crippen LogP contribution in [0.25, 0.3) is 0 Å². The molecule has 1 heterocycles. The summed E-state index contributed by atoms with van der Waals surface area (Å²) in [7, 11) is 0. The van der Waals surface area contributed by atoms with Crippen LogP contribution in [-0.4, -0.2) is 46.4 Å². The van der Waals surface area contributed by atoms with Crippen molar-refractivity contribution in [3.8, 4) is 0 Å². The Morgan fingerprint density at radius 2 is 1.96 bits per heavy atom. The van der Waals surface area contributed by atoms with Crippen molar-refractivity contribution in [1.82, 2.24) is 0 Å². The molecule has 1 aliphatic heterocycles. The molecular formula is C19H26O7. The normalized spacial score (nSPS) is 37.8. The van der Waals surface area contributed by atoms with Crippen LogP contribution in [0.4, 0.5) is 0 Å². The molecule has 0 aromatic carbocycles. The minimum atomic E-state index is -1.70. The van der Waals surface area contributed by atoms with E-state index in [-0.39, 0.29) is 30.8 Å². The van der Waals surface area contributed by atoms with E-state index in [1.165, 1.54) is 0 Å². The number of esters is 2. The molecule has 1 saturated carbocycles. The van der Waals surface area contributed by atoms with Crippen LogP contribution in [0.15, 0.2) is 11.6 Å². The van der Waals surface area contributed by atoms with Crippen LogP contribution in [-0.2, 0) is 23.9 Å². The van der Waals surface area contributed by atoms with E-state index < -0.39 is 35.0 Å². The maximum Gasteiger partial charge on any atom is 0.343 e. The Labute approximate surface area is 152 Å². The van der Waals surface area contributed by atoms with Crippen LogP contribution in [0, 0.1) is 16.7 Å². The van der Waals surface area contributed by atoms with Crippen LogP contribution >= 0.6 is 0 Å². The Bertz CT molecular complexity index is 679. The number of hydrogen-bond donors (Lipinski definition) is 2. The van der Waals surface area contributed by atoms with E-state index in [0.29, 0.717) is 12.0 Å². The Kier molecular flexibility index (Phi) is 4.42. The fraction of sp³-hybridized carbons (Fsp3) is 0.737. The average molecular weight is 366 g/mol. The van der Waals surface area contributed by atoms with Gasteiger partial charge in [0.15, 0.2) is 5.60 Å². The standard InChI is InChI=1S/C19H26O7/c1-17(2)7-4-8-18(3)15(17)12(26-14(22)6-5-13(20)21)9-11-10-25-16(23)19(11,18)24/h9,12,15,24H,4-8,10H2,1-3H3,(H,20,21)/t12-,15+,18+,19+/m0/s1. The number of ether oxygens (including phenoxy) is 2. The smallest absolute Gasteiger partial charge is 0.343 e. The zero-order chi connectivity index (χ0) is 19.3. The number of hydrogen-bond acceptors (Lipinski definition) is 6. The third-order valence-corrected chi connectivity index (χ3v) is 6.50. The summed E-state index contributed by atoms with van der Waals surface area (Å²) in [6.07, 6.45) is 2.86. The molecule has 3 rings (SSSR count). The van der Waals surface area contributed by atoms with Gasteiger partial charge in [0.1, 0.15) is 12.7 Å². The van der Waals surface area contributed by atoms with Gasteiger partial charge in [0.25, 0.3) is 0 Å². The van der Waals surface area contributed by atoms with Gasteiger partial charge in [-0.2, -0.15) is 0 Å². The maximum atomic E-state index is 12.4. The van der Waals surface area contributed by atoms with E-state index in [9.17, 15) is 19.5 Å². The fourth-order valence-electron chi connectivity index (χ4n) is 5.37. The molecule has 0 radical (unpaired) electrons. The molecule has 7 heteroatoms. The topological polar surface area (TPSA) is 110 Å². The van der Waals surface area contributed by atoms with Crippen molar-refractivity contribution < 1.29 is 34.1 Å². The molecule has 0 spiro atoms. The van der Waals surface area contributed by atoms with Crippen molar-refractivity contribution in [2.24, 2.45) is 16.7 Å². The SMILES string of the molecule is CC1(C)CCC[C@]2(C)[C@@H]1[C@@H](OC(=O)CCC(=O)O)C=C1COC(=O)[C@]12O.